The van der Waals surface area contributed by atoms with Crippen molar-refractivity contribution in [1.29, 1.82) is 0 Å². The van der Waals surface area contributed by atoms with Gasteiger partial charge in [-0.05, 0) is 22.5 Å². The fourth-order valence-corrected chi connectivity index (χ4v) is 3.64. The fourth-order valence-electron chi connectivity index (χ4n) is 2.36. The van der Waals surface area contributed by atoms with E-state index in [0.717, 1.165) is 48.9 Å². The summed E-state index contributed by atoms with van der Waals surface area (Å²) in [7, 11) is 0. The summed E-state index contributed by atoms with van der Waals surface area (Å²) < 4.78 is 2.94. The normalized spacial score (nSPS) is 16.8. The summed E-state index contributed by atoms with van der Waals surface area (Å²) in [6, 6.07) is 0. The van der Waals surface area contributed by atoms with Crippen LogP contribution in [0.5, 0.6) is 0 Å². The number of thiazole rings is 1. The molecule has 1 aliphatic rings. The predicted molar refractivity (Wildman–Crippen MR) is 85.5 cm³/mol. The maximum Gasteiger partial charge on any atom is 0.185 e. The number of piperazine rings is 1. The lowest BCUT2D eigenvalue weighted by Gasteiger charge is -2.33. The quantitative estimate of drug-likeness (QED) is 0.843. The van der Waals surface area contributed by atoms with Crippen molar-refractivity contribution in [3.8, 4) is 0 Å². The number of halogens is 1. The second-order valence-corrected chi connectivity index (χ2v) is 6.90. The van der Waals surface area contributed by atoms with Crippen LogP contribution in [0.2, 0.25) is 0 Å². The first-order valence-electron chi connectivity index (χ1n) is 6.84. The van der Waals surface area contributed by atoms with Crippen LogP contribution in [-0.4, -0.2) is 52.4 Å². The molecule has 2 aromatic rings. The Kier molecular flexibility index (Phi) is 4.38. The lowest BCUT2D eigenvalue weighted by Crippen LogP contribution is -2.46. The third-order valence-corrected chi connectivity index (χ3v) is 5.00. The molecule has 0 unspecified atom stereocenters. The molecule has 0 amide bonds. The average molecular weight is 356 g/mol. The molecule has 1 fully saturated rings. The SMILES string of the molecule is CCN1CCN(c2ncc(Cn3cc(Br)cn3)s2)CC1. The van der Waals surface area contributed by atoms with Gasteiger partial charge in [-0.25, -0.2) is 4.98 Å². The molecule has 0 aliphatic carbocycles. The largest absolute Gasteiger partial charge is 0.346 e. The predicted octanol–water partition coefficient (Wildman–Crippen LogP) is 2.29. The van der Waals surface area contributed by atoms with Crippen molar-refractivity contribution in [2.45, 2.75) is 13.5 Å². The molecule has 0 atom stereocenters. The minimum absolute atomic E-state index is 0.790. The summed E-state index contributed by atoms with van der Waals surface area (Å²) in [6.07, 6.45) is 5.77. The Morgan fingerprint density at radius 2 is 2.05 bits per heavy atom. The van der Waals surface area contributed by atoms with Crippen LogP contribution in [-0.2, 0) is 6.54 Å². The zero-order valence-corrected chi connectivity index (χ0v) is 13.9. The van der Waals surface area contributed by atoms with E-state index in [1.807, 2.05) is 23.3 Å². The van der Waals surface area contributed by atoms with Crippen LogP contribution in [0.1, 0.15) is 11.8 Å². The number of hydrogen-bond donors (Lipinski definition) is 0. The first kappa shape index (κ1) is 14.0. The third-order valence-electron chi connectivity index (χ3n) is 3.55. The van der Waals surface area contributed by atoms with Gasteiger partial charge in [-0.15, -0.1) is 0 Å². The number of nitrogens with zero attached hydrogens (tertiary/aromatic N) is 5. The van der Waals surface area contributed by atoms with E-state index in [9.17, 15) is 0 Å². The topological polar surface area (TPSA) is 37.2 Å². The highest BCUT2D eigenvalue weighted by Crippen LogP contribution is 2.24. The van der Waals surface area contributed by atoms with Gasteiger partial charge in [0.25, 0.3) is 0 Å². The molecule has 0 spiro atoms. The van der Waals surface area contributed by atoms with Gasteiger partial charge in [0.15, 0.2) is 5.13 Å². The molecular formula is C13H18BrN5S. The van der Waals surface area contributed by atoms with Crippen molar-refractivity contribution >= 4 is 32.4 Å². The van der Waals surface area contributed by atoms with Crippen LogP contribution in [0.25, 0.3) is 0 Å². The summed E-state index contributed by atoms with van der Waals surface area (Å²) in [4.78, 5) is 10.7. The molecule has 0 aromatic carbocycles. The van der Waals surface area contributed by atoms with Crippen molar-refractivity contribution in [1.82, 2.24) is 19.7 Å². The van der Waals surface area contributed by atoms with Crippen molar-refractivity contribution in [2.24, 2.45) is 0 Å². The van der Waals surface area contributed by atoms with Crippen LogP contribution in [0.15, 0.2) is 23.1 Å². The van der Waals surface area contributed by atoms with Gasteiger partial charge in [0, 0.05) is 43.4 Å². The Morgan fingerprint density at radius 1 is 1.25 bits per heavy atom. The maximum absolute atomic E-state index is 4.57. The molecule has 7 heteroatoms. The van der Waals surface area contributed by atoms with Gasteiger partial charge in [-0.2, -0.15) is 5.10 Å². The summed E-state index contributed by atoms with van der Waals surface area (Å²) in [5.74, 6) is 0. The Hall–Kier alpha value is -0.920. The second-order valence-electron chi connectivity index (χ2n) is 4.89. The number of aromatic nitrogens is 3. The van der Waals surface area contributed by atoms with Gasteiger partial charge in [-0.1, -0.05) is 18.3 Å². The molecule has 1 saturated heterocycles. The molecule has 0 saturated carbocycles. The molecular weight excluding hydrogens is 338 g/mol. The van der Waals surface area contributed by atoms with E-state index in [0.29, 0.717) is 0 Å². The van der Waals surface area contributed by atoms with Crippen LogP contribution >= 0.6 is 27.3 Å². The third kappa shape index (κ3) is 3.21. The number of likely N-dealkylation sites (N-methyl/N-ethyl adjacent to an activating group) is 1. The highest BCUT2D eigenvalue weighted by Gasteiger charge is 2.18. The Labute approximate surface area is 131 Å². The number of anilines is 1. The molecule has 20 heavy (non-hydrogen) atoms. The van der Waals surface area contributed by atoms with Crippen molar-refractivity contribution in [2.75, 3.05) is 37.6 Å². The van der Waals surface area contributed by atoms with Gasteiger partial charge in [-0.3, -0.25) is 4.68 Å². The van der Waals surface area contributed by atoms with E-state index in [1.54, 1.807) is 11.3 Å². The molecule has 0 radical (unpaired) electrons. The van der Waals surface area contributed by atoms with Gasteiger partial charge >= 0.3 is 0 Å². The van der Waals surface area contributed by atoms with Gasteiger partial charge in [0.1, 0.15) is 0 Å². The van der Waals surface area contributed by atoms with Gasteiger partial charge < -0.3 is 9.80 Å². The molecule has 1 aliphatic heterocycles. The summed E-state index contributed by atoms with van der Waals surface area (Å²) in [5, 5.41) is 5.42. The highest BCUT2D eigenvalue weighted by atomic mass is 79.9. The minimum atomic E-state index is 0.790. The number of hydrogen-bond acceptors (Lipinski definition) is 5. The van der Waals surface area contributed by atoms with E-state index in [4.69, 9.17) is 0 Å². The van der Waals surface area contributed by atoms with E-state index >= 15 is 0 Å². The Bertz CT molecular complexity index is 559. The molecule has 3 rings (SSSR count). The fraction of sp³-hybridized carbons (Fsp3) is 0.538. The zero-order chi connectivity index (χ0) is 13.9. The molecule has 3 heterocycles. The van der Waals surface area contributed by atoms with Crippen LogP contribution in [0.4, 0.5) is 5.13 Å². The van der Waals surface area contributed by atoms with E-state index < -0.39 is 0 Å². The monoisotopic (exact) mass is 355 g/mol. The average Bonchev–Trinajstić information content (AvgIpc) is 3.09. The Balaban J connectivity index is 1.62. The summed E-state index contributed by atoms with van der Waals surface area (Å²) >= 11 is 5.19. The zero-order valence-electron chi connectivity index (χ0n) is 11.5. The minimum Gasteiger partial charge on any atom is -0.346 e. The van der Waals surface area contributed by atoms with Crippen molar-refractivity contribution in [3.63, 3.8) is 0 Å². The standard InChI is InChI=1S/C13H18BrN5S/c1-2-17-3-5-18(6-4-17)13-15-8-12(20-13)10-19-9-11(14)7-16-19/h7-9H,2-6,10H2,1H3. The Morgan fingerprint density at radius 3 is 2.70 bits per heavy atom. The van der Waals surface area contributed by atoms with Crippen molar-refractivity contribution in [3.05, 3.63) is 27.9 Å². The second kappa shape index (κ2) is 6.24. The lowest BCUT2D eigenvalue weighted by atomic mass is 10.3. The van der Waals surface area contributed by atoms with Gasteiger partial charge in [0.2, 0.25) is 0 Å². The smallest absolute Gasteiger partial charge is 0.185 e. The van der Waals surface area contributed by atoms with Crippen LogP contribution in [0, 0.1) is 0 Å². The molecule has 2 aromatic heterocycles. The molecule has 108 valence electrons. The molecule has 0 bridgehead atoms. The van der Waals surface area contributed by atoms with E-state index in [1.165, 1.54) is 4.88 Å². The van der Waals surface area contributed by atoms with E-state index in [-0.39, 0.29) is 0 Å². The first-order chi connectivity index (χ1) is 9.74. The molecule has 5 nitrogen and oxygen atoms in total. The number of rotatable bonds is 4. The maximum atomic E-state index is 4.57. The summed E-state index contributed by atoms with van der Waals surface area (Å²) in [5.41, 5.74) is 0. The van der Waals surface area contributed by atoms with Crippen LogP contribution < -0.4 is 4.90 Å². The first-order valence-corrected chi connectivity index (χ1v) is 8.45. The van der Waals surface area contributed by atoms with Gasteiger partial charge in [0.05, 0.1) is 17.2 Å². The van der Waals surface area contributed by atoms with Crippen molar-refractivity contribution < 1.29 is 0 Å². The molecule has 0 N–H and O–H groups in total. The van der Waals surface area contributed by atoms with Crippen LogP contribution in [0.3, 0.4) is 0 Å². The lowest BCUT2D eigenvalue weighted by molar-refractivity contribution is 0.271. The summed E-state index contributed by atoms with van der Waals surface area (Å²) in [6.45, 7) is 8.58. The highest BCUT2D eigenvalue weighted by molar-refractivity contribution is 9.10. The van der Waals surface area contributed by atoms with E-state index in [2.05, 4.69) is 42.7 Å².